The minimum Gasteiger partial charge on any atom is -0.390 e. The molecule has 0 heterocycles. The molecule has 0 saturated heterocycles. The number of rotatable bonds is 11. The van der Waals surface area contributed by atoms with Gasteiger partial charge in [0, 0.05) is 25.1 Å². The van der Waals surface area contributed by atoms with Crippen LogP contribution in [0.4, 0.5) is 8.78 Å². The number of amides is 1. The van der Waals surface area contributed by atoms with E-state index in [1.165, 1.54) is 36.6 Å². The molecular formula is C29H40F2N2O2. The molecule has 0 unspecified atom stereocenters. The van der Waals surface area contributed by atoms with E-state index in [0.717, 1.165) is 44.6 Å². The van der Waals surface area contributed by atoms with Crippen LogP contribution in [-0.4, -0.2) is 29.7 Å². The van der Waals surface area contributed by atoms with E-state index in [2.05, 4.69) is 48.7 Å². The Hall–Kier alpha value is -2.31. The maximum Gasteiger partial charge on any atom is 0.217 e. The van der Waals surface area contributed by atoms with Crippen LogP contribution in [0.3, 0.4) is 0 Å². The summed E-state index contributed by atoms with van der Waals surface area (Å²) in [4.78, 5) is 11.8. The Morgan fingerprint density at radius 2 is 1.69 bits per heavy atom. The maximum atomic E-state index is 13.7. The van der Waals surface area contributed by atoms with E-state index in [1.807, 2.05) is 0 Å². The summed E-state index contributed by atoms with van der Waals surface area (Å²) in [6.45, 7) is 6.08. The number of carbonyl (C=O) groups is 1. The Labute approximate surface area is 208 Å². The maximum absolute atomic E-state index is 13.7. The third kappa shape index (κ3) is 7.34. The molecule has 0 radical (unpaired) electrons. The highest BCUT2D eigenvalue weighted by molar-refractivity contribution is 5.73. The minimum atomic E-state index is -0.925. The van der Waals surface area contributed by atoms with Crippen LogP contribution in [0.5, 0.6) is 0 Å². The molecule has 1 aliphatic rings. The summed E-state index contributed by atoms with van der Waals surface area (Å²) in [7, 11) is 0. The average molecular weight is 487 g/mol. The summed E-state index contributed by atoms with van der Waals surface area (Å²) in [5.74, 6) is -1.12. The molecule has 35 heavy (non-hydrogen) atoms. The zero-order valence-corrected chi connectivity index (χ0v) is 21.2. The van der Waals surface area contributed by atoms with E-state index in [1.54, 1.807) is 0 Å². The first kappa shape index (κ1) is 27.3. The molecule has 0 spiro atoms. The normalized spacial score (nSPS) is 17.2. The van der Waals surface area contributed by atoms with Crippen molar-refractivity contribution in [2.24, 2.45) is 0 Å². The van der Waals surface area contributed by atoms with Crippen LogP contribution >= 0.6 is 0 Å². The number of nitrogens with one attached hydrogen (secondary N) is 2. The molecule has 3 rings (SSSR count). The second-order valence-corrected chi connectivity index (χ2v) is 10.0. The van der Waals surface area contributed by atoms with Crippen molar-refractivity contribution in [2.45, 2.75) is 95.7 Å². The van der Waals surface area contributed by atoms with Crippen molar-refractivity contribution < 1.29 is 18.7 Å². The lowest BCUT2D eigenvalue weighted by atomic mass is 9.75. The van der Waals surface area contributed by atoms with Gasteiger partial charge in [0.2, 0.25) is 5.91 Å². The molecule has 0 aromatic heterocycles. The topological polar surface area (TPSA) is 61.4 Å². The van der Waals surface area contributed by atoms with Crippen LogP contribution in [0.2, 0.25) is 0 Å². The lowest BCUT2D eigenvalue weighted by Gasteiger charge is -2.40. The van der Waals surface area contributed by atoms with Gasteiger partial charge in [-0.15, -0.1) is 0 Å². The van der Waals surface area contributed by atoms with Gasteiger partial charge in [-0.05, 0) is 66.8 Å². The SMILES string of the molecule is CCC(CC)c1cccc(C2(NC[C@H](O)[C@H](Cc3cc(F)cc(F)c3)NC(C)=O)CCCCC2)c1. The first-order valence-corrected chi connectivity index (χ1v) is 13.0. The fourth-order valence-electron chi connectivity index (χ4n) is 5.54. The van der Waals surface area contributed by atoms with Crippen molar-refractivity contribution in [3.8, 4) is 0 Å². The molecule has 6 heteroatoms. The van der Waals surface area contributed by atoms with Crippen LogP contribution < -0.4 is 10.6 Å². The lowest BCUT2D eigenvalue weighted by Crippen LogP contribution is -2.53. The number of hydrogen-bond acceptors (Lipinski definition) is 3. The highest BCUT2D eigenvalue weighted by Gasteiger charge is 2.35. The van der Waals surface area contributed by atoms with E-state index >= 15 is 0 Å². The van der Waals surface area contributed by atoms with E-state index in [4.69, 9.17) is 0 Å². The number of halogens is 2. The zero-order chi connectivity index (χ0) is 25.4. The number of benzene rings is 2. The summed E-state index contributed by atoms with van der Waals surface area (Å²) in [5.41, 5.74) is 2.75. The van der Waals surface area contributed by atoms with Gasteiger partial charge in [-0.25, -0.2) is 8.78 Å². The van der Waals surface area contributed by atoms with Crippen molar-refractivity contribution >= 4 is 5.91 Å². The summed E-state index contributed by atoms with van der Waals surface area (Å²) >= 11 is 0. The smallest absolute Gasteiger partial charge is 0.217 e. The Kier molecular flexibility index (Phi) is 9.81. The molecule has 1 saturated carbocycles. The molecular weight excluding hydrogens is 446 g/mol. The molecule has 0 bridgehead atoms. The van der Waals surface area contributed by atoms with Crippen LogP contribution in [0.25, 0.3) is 0 Å². The second kappa shape index (κ2) is 12.6. The van der Waals surface area contributed by atoms with Gasteiger partial charge >= 0.3 is 0 Å². The molecule has 2 aromatic rings. The Morgan fingerprint density at radius 1 is 1.03 bits per heavy atom. The first-order valence-electron chi connectivity index (χ1n) is 13.0. The molecule has 1 fully saturated rings. The molecule has 2 atom stereocenters. The van der Waals surface area contributed by atoms with Gasteiger partial charge in [0.1, 0.15) is 11.6 Å². The van der Waals surface area contributed by atoms with Crippen LogP contribution in [0.15, 0.2) is 42.5 Å². The third-order valence-electron chi connectivity index (χ3n) is 7.48. The molecule has 192 valence electrons. The van der Waals surface area contributed by atoms with Crippen LogP contribution in [0.1, 0.15) is 88.3 Å². The fraction of sp³-hybridized carbons (Fsp3) is 0.552. The van der Waals surface area contributed by atoms with E-state index in [-0.39, 0.29) is 24.4 Å². The highest BCUT2D eigenvalue weighted by atomic mass is 19.1. The Bertz CT molecular complexity index is 951. The summed E-state index contributed by atoms with van der Waals surface area (Å²) in [5, 5.41) is 17.5. The zero-order valence-electron chi connectivity index (χ0n) is 21.2. The highest BCUT2D eigenvalue weighted by Crippen LogP contribution is 2.38. The number of carbonyl (C=O) groups excluding carboxylic acids is 1. The summed E-state index contributed by atoms with van der Waals surface area (Å²) < 4.78 is 27.4. The molecule has 0 aliphatic heterocycles. The van der Waals surface area contributed by atoms with Gasteiger partial charge in [-0.1, -0.05) is 57.4 Å². The van der Waals surface area contributed by atoms with E-state index < -0.39 is 23.8 Å². The van der Waals surface area contributed by atoms with Crippen molar-refractivity contribution in [2.75, 3.05) is 6.54 Å². The number of aliphatic hydroxyl groups excluding tert-OH is 1. The molecule has 3 N–H and O–H groups in total. The predicted molar refractivity (Wildman–Crippen MR) is 136 cm³/mol. The average Bonchev–Trinajstić information content (AvgIpc) is 2.83. The summed E-state index contributed by atoms with van der Waals surface area (Å²) in [6, 6.07) is 11.5. The largest absolute Gasteiger partial charge is 0.390 e. The summed E-state index contributed by atoms with van der Waals surface area (Å²) in [6.07, 6.45) is 6.76. The first-order chi connectivity index (χ1) is 16.8. The van der Waals surface area contributed by atoms with Gasteiger partial charge in [0.05, 0.1) is 12.1 Å². The van der Waals surface area contributed by atoms with Gasteiger partial charge < -0.3 is 15.7 Å². The number of hydrogen-bond donors (Lipinski definition) is 3. The van der Waals surface area contributed by atoms with E-state index in [0.29, 0.717) is 11.5 Å². The monoisotopic (exact) mass is 486 g/mol. The van der Waals surface area contributed by atoms with Crippen molar-refractivity contribution in [1.29, 1.82) is 0 Å². The van der Waals surface area contributed by atoms with Crippen molar-refractivity contribution in [1.82, 2.24) is 10.6 Å². The standard InChI is InChI=1S/C29H40F2N2O2/c1-4-22(5-2)23-10-9-11-24(17-23)29(12-7-6-8-13-29)32-19-28(35)27(33-20(3)34)16-21-14-25(30)18-26(31)15-21/h9-11,14-15,17-18,22,27-28,32,35H,4-8,12-13,16,19H2,1-3H3,(H,33,34)/t27-,28-/m0/s1. The Balaban J connectivity index is 1.80. The second-order valence-electron chi connectivity index (χ2n) is 10.0. The van der Waals surface area contributed by atoms with Gasteiger partial charge in [-0.3, -0.25) is 4.79 Å². The third-order valence-corrected chi connectivity index (χ3v) is 7.48. The minimum absolute atomic E-state index is 0.133. The van der Waals surface area contributed by atoms with Crippen LogP contribution in [0, 0.1) is 11.6 Å². The molecule has 1 aliphatic carbocycles. The molecule has 1 amide bonds. The molecule has 2 aromatic carbocycles. The van der Waals surface area contributed by atoms with Crippen LogP contribution in [-0.2, 0) is 16.8 Å². The van der Waals surface area contributed by atoms with Gasteiger partial charge in [0.15, 0.2) is 0 Å². The lowest BCUT2D eigenvalue weighted by molar-refractivity contribution is -0.120. The number of aliphatic hydroxyl groups is 1. The fourth-order valence-corrected chi connectivity index (χ4v) is 5.54. The quantitative estimate of drug-likeness (QED) is 0.380. The predicted octanol–water partition coefficient (Wildman–Crippen LogP) is 5.73. The van der Waals surface area contributed by atoms with Crippen molar-refractivity contribution in [3.63, 3.8) is 0 Å². The van der Waals surface area contributed by atoms with Crippen molar-refractivity contribution in [3.05, 3.63) is 70.8 Å². The van der Waals surface area contributed by atoms with E-state index in [9.17, 15) is 18.7 Å². The Morgan fingerprint density at radius 3 is 2.29 bits per heavy atom. The van der Waals surface area contributed by atoms with Gasteiger partial charge in [0.25, 0.3) is 0 Å². The van der Waals surface area contributed by atoms with Gasteiger partial charge in [-0.2, -0.15) is 0 Å². The molecule has 4 nitrogen and oxygen atoms in total.